The second-order valence-electron chi connectivity index (χ2n) is 3.47. The van der Waals surface area contributed by atoms with Crippen molar-refractivity contribution >= 4 is 15.9 Å². The molecule has 1 atom stereocenters. The fourth-order valence-corrected chi connectivity index (χ4v) is 1.69. The molecule has 16 heavy (non-hydrogen) atoms. The second kappa shape index (κ2) is 4.80. The molecule has 0 aromatic carbocycles. The monoisotopic (exact) mass is 285 g/mol. The lowest BCUT2D eigenvalue weighted by atomic mass is 10.2. The first-order chi connectivity index (χ1) is 7.69. The average Bonchev–Trinajstić information content (AvgIpc) is 2.87. The summed E-state index contributed by atoms with van der Waals surface area (Å²) in [6.45, 7) is 2.41. The Kier molecular flexibility index (Phi) is 3.40. The summed E-state index contributed by atoms with van der Waals surface area (Å²) >= 11 is 3.23. The van der Waals surface area contributed by atoms with Gasteiger partial charge in [-0.1, -0.05) is 12.1 Å². The highest BCUT2D eigenvalue weighted by atomic mass is 79.9. The first kappa shape index (κ1) is 11.3. The van der Waals surface area contributed by atoms with Crippen molar-refractivity contribution in [3.63, 3.8) is 0 Å². The minimum atomic E-state index is -0.544. The van der Waals surface area contributed by atoms with Crippen LogP contribution in [0.5, 0.6) is 0 Å². The summed E-state index contributed by atoms with van der Waals surface area (Å²) in [4.78, 5) is 0. The highest BCUT2D eigenvalue weighted by Crippen LogP contribution is 2.16. The molecule has 0 aliphatic rings. The number of aliphatic hydroxyl groups is 1. The molecular formula is C10H12BrN3O2. The van der Waals surface area contributed by atoms with Crippen LogP contribution in [0.15, 0.2) is 27.4 Å². The lowest BCUT2D eigenvalue weighted by Crippen LogP contribution is -1.99. The summed E-state index contributed by atoms with van der Waals surface area (Å²) in [6, 6.07) is 3.69. The molecule has 0 fully saturated rings. The van der Waals surface area contributed by atoms with E-state index in [1.807, 2.05) is 19.1 Å². The molecule has 6 heteroatoms. The van der Waals surface area contributed by atoms with E-state index < -0.39 is 6.10 Å². The Morgan fingerprint density at radius 1 is 1.56 bits per heavy atom. The molecule has 1 N–H and O–H groups in total. The first-order valence-electron chi connectivity index (χ1n) is 5.01. The van der Waals surface area contributed by atoms with Crippen molar-refractivity contribution in [3.05, 3.63) is 34.5 Å². The van der Waals surface area contributed by atoms with Gasteiger partial charge >= 0.3 is 0 Å². The van der Waals surface area contributed by atoms with Gasteiger partial charge in [-0.05, 0) is 34.5 Å². The van der Waals surface area contributed by atoms with E-state index in [4.69, 9.17) is 4.42 Å². The van der Waals surface area contributed by atoms with Gasteiger partial charge in [-0.2, -0.15) is 0 Å². The maximum absolute atomic E-state index is 9.57. The smallest absolute Gasteiger partial charge is 0.169 e. The molecule has 0 amide bonds. The first-order valence-corrected chi connectivity index (χ1v) is 5.80. The Balaban J connectivity index is 2.08. The molecule has 86 valence electrons. The van der Waals surface area contributed by atoms with Crippen molar-refractivity contribution in [1.29, 1.82) is 0 Å². The summed E-state index contributed by atoms with van der Waals surface area (Å²) in [5.74, 6) is 0.786. The van der Waals surface area contributed by atoms with Crippen molar-refractivity contribution < 1.29 is 9.52 Å². The minimum Gasteiger partial charge on any atom is -0.452 e. The summed E-state index contributed by atoms with van der Waals surface area (Å²) in [5, 5.41) is 17.4. The number of furan rings is 1. The van der Waals surface area contributed by atoms with Gasteiger partial charge in [0.1, 0.15) is 18.0 Å². The van der Waals surface area contributed by atoms with Crippen LogP contribution >= 0.6 is 15.9 Å². The third-order valence-electron chi connectivity index (χ3n) is 2.23. The van der Waals surface area contributed by atoms with Gasteiger partial charge in [0.15, 0.2) is 4.67 Å². The number of halogens is 1. The van der Waals surface area contributed by atoms with E-state index in [1.54, 1.807) is 10.9 Å². The minimum absolute atomic E-state index is 0.509. The molecular weight excluding hydrogens is 274 g/mol. The van der Waals surface area contributed by atoms with Crippen LogP contribution in [0.4, 0.5) is 0 Å². The van der Waals surface area contributed by atoms with Crippen LogP contribution in [-0.2, 0) is 6.54 Å². The Labute approximate surface area is 101 Å². The molecule has 2 aromatic heterocycles. The fraction of sp³-hybridized carbons (Fsp3) is 0.400. The predicted octanol–water partition coefficient (Wildman–Crippen LogP) is 2.13. The Morgan fingerprint density at radius 3 is 3.00 bits per heavy atom. The van der Waals surface area contributed by atoms with E-state index in [0.29, 0.717) is 23.3 Å². The quantitative estimate of drug-likeness (QED) is 0.935. The summed E-state index contributed by atoms with van der Waals surface area (Å²) < 4.78 is 7.68. The largest absolute Gasteiger partial charge is 0.452 e. The molecule has 0 radical (unpaired) electrons. The zero-order valence-corrected chi connectivity index (χ0v) is 10.4. The molecule has 0 aliphatic carbocycles. The van der Waals surface area contributed by atoms with Crippen LogP contribution in [0.25, 0.3) is 0 Å². The zero-order valence-electron chi connectivity index (χ0n) is 8.80. The number of hydrogen-bond acceptors (Lipinski definition) is 4. The lowest BCUT2D eigenvalue weighted by molar-refractivity contribution is 0.168. The van der Waals surface area contributed by atoms with Crippen molar-refractivity contribution in [2.45, 2.75) is 26.0 Å². The van der Waals surface area contributed by atoms with Gasteiger partial charge in [0.2, 0.25) is 0 Å². The maximum atomic E-state index is 9.57. The van der Waals surface area contributed by atoms with Gasteiger partial charge in [0.25, 0.3) is 0 Å². The third-order valence-corrected chi connectivity index (χ3v) is 2.66. The van der Waals surface area contributed by atoms with Crippen LogP contribution in [0.2, 0.25) is 0 Å². The number of aliphatic hydroxyl groups excluding tert-OH is 1. The molecule has 0 spiro atoms. The molecule has 0 bridgehead atoms. The van der Waals surface area contributed by atoms with Gasteiger partial charge in [-0.25, -0.2) is 4.68 Å². The highest BCUT2D eigenvalue weighted by molar-refractivity contribution is 9.10. The number of nitrogens with zero attached hydrogens (tertiary/aromatic N) is 3. The van der Waals surface area contributed by atoms with Gasteiger partial charge in [-0.15, -0.1) is 5.10 Å². The standard InChI is InChI=1S/C10H12BrN3O2/c1-2-9(15)8-6-14(13-12-8)5-7-3-4-10(11)16-7/h3-4,6,9,15H,2,5H2,1H3. The number of hydrogen-bond donors (Lipinski definition) is 1. The van der Waals surface area contributed by atoms with E-state index in [-0.39, 0.29) is 0 Å². The summed E-state index contributed by atoms with van der Waals surface area (Å²) in [6.07, 6.45) is 1.81. The van der Waals surface area contributed by atoms with Gasteiger partial charge < -0.3 is 9.52 Å². The van der Waals surface area contributed by atoms with Gasteiger partial charge in [-0.3, -0.25) is 0 Å². The zero-order chi connectivity index (χ0) is 11.5. The molecule has 5 nitrogen and oxygen atoms in total. The number of aromatic nitrogens is 3. The summed E-state index contributed by atoms with van der Waals surface area (Å²) in [5.41, 5.74) is 0.591. The maximum Gasteiger partial charge on any atom is 0.169 e. The second-order valence-corrected chi connectivity index (χ2v) is 4.25. The molecule has 2 heterocycles. The molecule has 0 saturated heterocycles. The highest BCUT2D eigenvalue weighted by Gasteiger charge is 2.10. The van der Waals surface area contributed by atoms with E-state index >= 15 is 0 Å². The fourth-order valence-electron chi connectivity index (χ4n) is 1.35. The van der Waals surface area contributed by atoms with Crippen LogP contribution in [0, 0.1) is 0 Å². The Morgan fingerprint density at radius 2 is 2.38 bits per heavy atom. The average molecular weight is 286 g/mol. The van der Waals surface area contributed by atoms with E-state index in [1.165, 1.54) is 0 Å². The Bertz CT molecular complexity index is 466. The topological polar surface area (TPSA) is 64.1 Å². The SMILES string of the molecule is CCC(O)c1cn(Cc2ccc(Br)o2)nn1. The van der Waals surface area contributed by atoms with Crippen LogP contribution < -0.4 is 0 Å². The van der Waals surface area contributed by atoms with Gasteiger partial charge in [0.05, 0.1) is 12.3 Å². The Hall–Kier alpha value is -1.14. The van der Waals surface area contributed by atoms with Gasteiger partial charge in [0, 0.05) is 0 Å². The lowest BCUT2D eigenvalue weighted by Gasteiger charge is -2.00. The normalized spacial score (nSPS) is 12.9. The summed E-state index contributed by atoms with van der Waals surface area (Å²) in [7, 11) is 0. The van der Waals surface area contributed by atoms with E-state index in [0.717, 1.165) is 5.76 Å². The molecule has 2 rings (SSSR count). The van der Waals surface area contributed by atoms with Crippen LogP contribution in [0.1, 0.15) is 30.9 Å². The van der Waals surface area contributed by atoms with Crippen molar-refractivity contribution in [1.82, 2.24) is 15.0 Å². The molecule has 0 saturated carbocycles. The van der Waals surface area contributed by atoms with Crippen molar-refractivity contribution in [3.8, 4) is 0 Å². The van der Waals surface area contributed by atoms with Crippen molar-refractivity contribution in [2.75, 3.05) is 0 Å². The van der Waals surface area contributed by atoms with Crippen molar-refractivity contribution in [2.24, 2.45) is 0 Å². The molecule has 1 unspecified atom stereocenters. The molecule has 0 aliphatic heterocycles. The van der Waals surface area contributed by atoms with E-state index in [2.05, 4.69) is 26.2 Å². The van der Waals surface area contributed by atoms with Crippen LogP contribution in [0.3, 0.4) is 0 Å². The van der Waals surface area contributed by atoms with Crippen LogP contribution in [-0.4, -0.2) is 20.1 Å². The predicted molar refractivity (Wildman–Crippen MR) is 60.8 cm³/mol. The van der Waals surface area contributed by atoms with E-state index in [9.17, 15) is 5.11 Å². The number of rotatable bonds is 4. The molecule has 2 aromatic rings. The third kappa shape index (κ3) is 2.51.